The first-order chi connectivity index (χ1) is 12.3. The number of aryl methyl sites for hydroxylation is 2. The SMILES string of the molecule is Cc1cccc(C)c1NC(=O)CCN(CCc1ccccc1)S(C)(=O)=O. The van der Waals surface area contributed by atoms with Crippen LogP contribution in [0, 0.1) is 13.8 Å². The van der Waals surface area contributed by atoms with Gasteiger partial charge in [-0.1, -0.05) is 48.5 Å². The van der Waals surface area contributed by atoms with Crippen molar-refractivity contribution in [3.05, 3.63) is 65.2 Å². The Hall–Kier alpha value is -2.18. The van der Waals surface area contributed by atoms with E-state index in [1.54, 1.807) is 0 Å². The summed E-state index contributed by atoms with van der Waals surface area (Å²) >= 11 is 0. The molecular weight excluding hydrogens is 348 g/mol. The number of para-hydroxylation sites is 1. The van der Waals surface area contributed by atoms with E-state index < -0.39 is 10.0 Å². The van der Waals surface area contributed by atoms with Crippen LogP contribution in [0.1, 0.15) is 23.1 Å². The Balaban J connectivity index is 1.95. The maximum absolute atomic E-state index is 12.3. The average Bonchev–Trinajstić information content (AvgIpc) is 2.58. The lowest BCUT2D eigenvalue weighted by Gasteiger charge is -2.20. The molecule has 0 radical (unpaired) electrons. The number of rotatable bonds is 8. The zero-order valence-electron chi connectivity index (χ0n) is 15.5. The number of hydrogen-bond acceptors (Lipinski definition) is 3. The fraction of sp³-hybridized carbons (Fsp3) is 0.350. The van der Waals surface area contributed by atoms with Gasteiger partial charge < -0.3 is 5.32 Å². The summed E-state index contributed by atoms with van der Waals surface area (Å²) in [6.07, 6.45) is 1.92. The molecule has 0 atom stereocenters. The Kier molecular flexibility index (Phi) is 6.94. The number of sulfonamides is 1. The Morgan fingerprint density at radius 3 is 2.15 bits per heavy atom. The van der Waals surface area contributed by atoms with Gasteiger partial charge in [0.1, 0.15) is 0 Å². The molecule has 2 aromatic carbocycles. The van der Waals surface area contributed by atoms with Crippen LogP contribution in [0.5, 0.6) is 0 Å². The number of nitrogens with zero attached hydrogens (tertiary/aromatic N) is 1. The first kappa shape index (κ1) is 20.1. The highest BCUT2D eigenvalue weighted by Gasteiger charge is 2.18. The molecule has 0 unspecified atom stereocenters. The van der Waals surface area contributed by atoms with Crippen LogP contribution >= 0.6 is 0 Å². The summed E-state index contributed by atoms with van der Waals surface area (Å²) in [5.74, 6) is -0.184. The van der Waals surface area contributed by atoms with Crippen LogP contribution in [-0.4, -0.2) is 38.0 Å². The molecule has 5 nitrogen and oxygen atoms in total. The van der Waals surface area contributed by atoms with Gasteiger partial charge in [0.25, 0.3) is 0 Å². The molecule has 0 aliphatic heterocycles. The molecule has 140 valence electrons. The molecule has 6 heteroatoms. The van der Waals surface area contributed by atoms with Crippen molar-refractivity contribution in [3.63, 3.8) is 0 Å². The van der Waals surface area contributed by atoms with Gasteiger partial charge in [0.05, 0.1) is 6.26 Å². The van der Waals surface area contributed by atoms with E-state index in [1.807, 2.05) is 62.4 Å². The molecule has 0 fully saturated rings. The number of hydrogen-bond donors (Lipinski definition) is 1. The maximum Gasteiger partial charge on any atom is 0.225 e. The lowest BCUT2D eigenvalue weighted by Crippen LogP contribution is -2.34. The van der Waals surface area contributed by atoms with Gasteiger partial charge in [0.2, 0.25) is 15.9 Å². The second-order valence-corrected chi connectivity index (χ2v) is 8.45. The van der Waals surface area contributed by atoms with Crippen LogP contribution in [0.15, 0.2) is 48.5 Å². The van der Waals surface area contributed by atoms with E-state index in [0.29, 0.717) is 13.0 Å². The number of carbonyl (C=O) groups excluding carboxylic acids is 1. The van der Waals surface area contributed by atoms with Crippen molar-refractivity contribution in [2.45, 2.75) is 26.7 Å². The molecule has 0 aliphatic rings. The van der Waals surface area contributed by atoms with Crippen molar-refractivity contribution in [1.82, 2.24) is 4.31 Å². The third-order valence-corrected chi connectivity index (χ3v) is 5.60. The summed E-state index contributed by atoms with van der Waals surface area (Å²) in [5.41, 5.74) is 3.85. The summed E-state index contributed by atoms with van der Waals surface area (Å²) < 4.78 is 25.4. The molecule has 0 spiro atoms. The fourth-order valence-corrected chi connectivity index (χ4v) is 3.63. The summed E-state index contributed by atoms with van der Waals surface area (Å²) in [6, 6.07) is 15.5. The van der Waals surface area contributed by atoms with E-state index in [-0.39, 0.29) is 18.9 Å². The van der Waals surface area contributed by atoms with Crippen LogP contribution in [0.25, 0.3) is 0 Å². The second-order valence-electron chi connectivity index (χ2n) is 6.46. The van der Waals surface area contributed by atoms with Crippen molar-refractivity contribution < 1.29 is 13.2 Å². The van der Waals surface area contributed by atoms with E-state index in [0.717, 1.165) is 22.4 Å². The number of amides is 1. The van der Waals surface area contributed by atoms with E-state index in [9.17, 15) is 13.2 Å². The van der Waals surface area contributed by atoms with Crippen LogP contribution in [-0.2, 0) is 21.2 Å². The van der Waals surface area contributed by atoms with Crippen molar-refractivity contribution in [3.8, 4) is 0 Å². The number of carbonyl (C=O) groups is 1. The van der Waals surface area contributed by atoms with Gasteiger partial charge >= 0.3 is 0 Å². The molecule has 1 N–H and O–H groups in total. The van der Waals surface area contributed by atoms with Gasteiger partial charge in [-0.25, -0.2) is 12.7 Å². The highest BCUT2D eigenvalue weighted by Crippen LogP contribution is 2.19. The van der Waals surface area contributed by atoms with E-state index in [2.05, 4.69) is 5.32 Å². The summed E-state index contributed by atoms with van der Waals surface area (Å²) in [4.78, 5) is 12.3. The number of benzene rings is 2. The lowest BCUT2D eigenvalue weighted by atomic mass is 10.1. The lowest BCUT2D eigenvalue weighted by molar-refractivity contribution is -0.116. The molecule has 2 rings (SSSR count). The Labute approximate surface area is 156 Å². The van der Waals surface area contributed by atoms with E-state index in [4.69, 9.17) is 0 Å². The normalized spacial score (nSPS) is 11.5. The third-order valence-electron chi connectivity index (χ3n) is 4.30. The van der Waals surface area contributed by atoms with Gasteiger partial charge in [0.15, 0.2) is 0 Å². The highest BCUT2D eigenvalue weighted by atomic mass is 32.2. The zero-order valence-corrected chi connectivity index (χ0v) is 16.3. The van der Waals surface area contributed by atoms with E-state index in [1.165, 1.54) is 10.6 Å². The summed E-state index contributed by atoms with van der Waals surface area (Å²) in [6.45, 7) is 4.40. The maximum atomic E-state index is 12.3. The van der Waals surface area contributed by atoms with Crippen LogP contribution in [0.4, 0.5) is 5.69 Å². The average molecular weight is 375 g/mol. The molecule has 0 bridgehead atoms. The van der Waals surface area contributed by atoms with Gasteiger partial charge in [-0.3, -0.25) is 4.79 Å². The minimum atomic E-state index is -3.37. The monoisotopic (exact) mass is 374 g/mol. The predicted octanol–water partition coefficient (Wildman–Crippen LogP) is 3.14. The first-order valence-corrected chi connectivity index (χ1v) is 10.5. The van der Waals surface area contributed by atoms with Crippen molar-refractivity contribution in [1.29, 1.82) is 0 Å². The molecule has 26 heavy (non-hydrogen) atoms. The Morgan fingerprint density at radius 1 is 0.962 bits per heavy atom. The Morgan fingerprint density at radius 2 is 1.58 bits per heavy atom. The molecule has 0 aliphatic carbocycles. The van der Waals surface area contributed by atoms with Gasteiger partial charge in [-0.05, 0) is 37.0 Å². The van der Waals surface area contributed by atoms with E-state index >= 15 is 0 Å². The third kappa shape index (κ3) is 5.97. The van der Waals surface area contributed by atoms with Crippen molar-refractivity contribution in [2.24, 2.45) is 0 Å². The van der Waals surface area contributed by atoms with Gasteiger partial charge in [0, 0.05) is 25.2 Å². The Bertz CT molecular complexity index is 828. The van der Waals surface area contributed by atoms with Gasteiger partial charge in [-0.2, -0.15) is 0 Å². The predicted molar refractivity (Wildman–Crippen MR) is 106 cm³/mol. The quantitative estimate of drug-likeness (QED) is 0.772. The topological polar surface area (TPSA) is 66.5 Å². The van der Waals surface area contributed by atoms with Crippen LogP contribution in [0.2, 0.25) is 0 Å². The molecule has 0 saturated heterocycles. The molecule has 2 aromatic rings. The zero-order chi connectivity index (χ0) is 19.2. The highest BCUT2D eigenvalue weighted by molar-refractivity contribution is 7.88. The minimum Gasteiger partial charge on any atom is -0.326 e. The van der Waals surface area contributed by atoms with Gasteiger partial charge in [-0.15, -0.1) is 0 Å². The standard InChI is InChI=1S/C20H26N2O3S/c1-16-8-7-9-17(2)20(16)21-19(23)13-15-22(26(3,24)25)14-12-18-10-5-4-6-11-18/h4-11H,12-15H2,1-3H3,(H,21,23). The molecule has 0 aromatic heterocycles. The smallest absolute Gasteiger partial charge is 0.225 e. The fourth-order valence-electron chi connectivity index (χ4n) is 2.78. The van der Waals surface area contributed by atoms with Crippen LogP contribution in [0.3, 0.4) is 0 Å². The second kappa shape index (κ2) is 8.96. The summed E-state index contributed by atoms with van der Waals surface area (Å²) in [5, 5.41) is 2.90. The molecule has 0 saturated carbocycles. The number of anilines is 1. The molecule has 1 amide bonds. The first-order valence-electron chi connectivity index (χ1n) is 8.62. The van der Waals surface area contributed by atoms with Crippen molar-refractivity contribution >= 4 is 21.6 Å². The minimum absolute atomic E-state index is 0.121. The van der Waals surface area contributed by atoms with Crippen molar-refractivity contribution in [2.75, 3.05) is 24.7 Å². The number of nitrogens with one attached hydrogen (secondary N) is 1. The largest absolute Gasteiger partial charge is 0.326 e. The summed E-state index contributed by atoms with van der Waals surface area (Å²) in [7, 11) is -3.37. The molecular formula is C20H26N2O3S. The molecule has 0 heterocycles. The van der Waals surface area contributed by atoms with Crippen LogP contribution < -0.4 is 5.32 Å².